The van der Waals surface area contributed by atoms with E-state index >= 15 is 4.39 Å². The highest BCUT2D eigenvalue weighted by Gasteiger charge is 2.17. The van der Waals surface area contributed by atoms with Crippen LogP contribution in [0.3, 0.4) is 0 Å². The van der Waals surface area contributed by atoms with Gasteiger partial charge >= 0.3 is 0 Å². The molecule has 8 aromatic rings. The van der Waals surface area contributed by atoms with E-state index in [1.54, 1.807) is 12.1 Å². The molecule has 0 amide bonds. The average Bonchev–Trinajstić information content (AvgIpc) is 3.48. The molecule has 4 heteroatoms. The maximum Gasteiger partial charge on any atom is 0.160 e. The molecule has 208 valence electrons. The van der Waals surface area contributed by atoms with Gasteiger partial charge in [0.15, 0.2) is 5.82 Å². The molecule has 0 aliphatic heterocycles. The van der Waals surface area contributed by atoms with Crippen molar-refractivity contribution in [3.8, 4) is 56.2 Å². The summed E-state index contributed by atoms with van der Waals surface area (Å²) in [6.45, 7) is 0. The number of hydrogen-bond acceptors (Lipinski definition) is 3. The molecule has 3 nitrogen and oxygen atoms in total. The lowest BCUT2D eigenvalue weighted by molar-refractivity contribution is 0.630. The first-order valence-electron chi connectivity index (χ1n) is 14.5. The number of para-hydroxylation sites is 2. The first kappa shape index (κ1) is 25.8. The molecule has 0 saturated carbocycles. The maximum absolute atomic E-state index is 15.1. The molecule has 0 aliphatic carbocycles. The average molecular weight is 569 g/mol. The molecule has 0 N–H and O–H groups in total. The zero-order valence-corrected chi connectivity index (χ0v) is 23.6. The molecule has 8 rings (SSSR count). The Hall–Kier alpha value is -5.87. The van der Waals surface area contributed by atoms with E-state index in [0.717, 1.165) is 55.3 Å². The van der Waals surface area contributed by atoms with Crippen molar-refractivity contribution in [1.29, 1.82) is 0 Å². The van der Waals surface area contributed by atoms with E-state index in [1.807, 2.05) is 78.9 Å². The number of halogens is 1. The van der Waals surface area contributed by atoms with Crippen LogP contribution < -0.4 is 0 Å². The third-order valence-electron chi connectivity index (χ3n) is 7.96. The van der Waals surface area contributed by atoms with Crippen LogP contribution in [0.4, 0.5) is 4.39 Å². The molecule has 0 aliphatic rings. The molecule has 0 bridgehead atoms. The Morgan fingerprint density at radius 2 is 1.05 bits per heavy atom. The van der Waals surface area contributed by atoms with Crippen molar-refractivity contribution in [3.05, 3.63) is 157 Å². The van der Waals surface area contributed by atoms with Gasteiger partial charge in [-0.3, -0.25) is 0 Å². The molecule has 0 unspecified atom stereocenters. The van der Waals surface area contributed by atoms with Crippen LogP contribution in [0, 0.1) is 5.82 Å². The molecule has 2 heterocycles. The highest BCUT2D eigenvalue weighted by Crippen LogP contribution is 2.39. The fraction of sp³-hybridized carbons (Fsp3) is 0. The zero-order chi connectivity index (χ0) is 29.5. The number of nitrogens with zero attached hydrogens (tertiary/aromatic N) is 2. The first-order chi connectivity index (χ1) is 21.7. The van der Waals surface area contributed by atoms with Crippen LogP contribution in [0.1, 0.15) is 0 Å². The fourth-order valence-electron chi connectivity index (χ4n) is 5.82. The summed E-state index contributed by atoms with van der Waals surface area (Å²) < 4.78 is 21.5. The second-order valence-corrected chi connectivity index (χ2v) is 10.8. The van der Waals surface area contributed by atoms with Crippen LogP contribution in [-0.2, 0) is 0 Å². The van der Waals surface area contributed by atoms with E-state index in [4.69, 9.17) is 14.4 Å². The summed E-state index contributed by atoms with van der Waals surface area (Å²) in [5, 5.41) is 2.15. The van der Waals surface area contributed by atoms with Gasteiger partial charge in [-0.05, 0) is 59.2 Å². The molecular formula is C40H25FN2O. The minimum Gasteiger partial charge on any atom is -0.455 e. The Morgan fingerprint density at radius 3 is 1.86 bits per heavy atom. The van der Waals surface area contributed by atoms with Gasteiger partial charge in [-0.15, -0.1) is 0 Å². The number of rotatable bonds is 5. The monoisotopic (exact) mass is 568 g/mol. The van der Waals surface area contributed by atoms with Gasteiger partial charge in [0.1, 0.15) is 17.0 Å². The minimum absolute atomic E-state index is 0.327. The van der Waals surface area contributed by atoms with Crippen molar-refractivity contribution in [2.45, 2.75) is 0 Å². The molecule has 0 fully saturated rings. The smallest absolute Gasteiger partial charge is 0.160 e. The van der Waals surface area contributed by atoms with Gasteiger partial charge in [0.25, 0.3) is 0 Å². The van der Waals surface area contributed by atoms with Crippen molar-refractivity contribution < 1.29 is 8.81 Å². The summed E-state index contributed by atoms with van der Waals surface area (Å²) >= 11 is 0. The molecular weight excluding hydrogens is 543 g/mol. The Morgan fingerprint density at radius 1 is 0.432 bits per heavy atom. The van der Waals surface area contributed by atoms with Gasteiger partial charge in [0, 0.05) is 33.0 Å². The summed E-state index contributed by atoms with van der Waals surface area (Å²) in [7, 11) is 0. The van der Waals surface area contributed by atoms with Crippen molar-refractivity contribution in [1.82, 2.24) is 9.97 Å². The van der Waals surface area contributed by atoms with Gasteiger partial charge in [-0.1, -0.05) is 109 Å². The van der Waals surface area contributed by atoms with Gasteiger partial charge in [0.2, 0.25) is 0 Å². The van der Waals surface area contributed by atoms with Crippen molar-refractivity contribution in [2.24, 2.45) is 0 Å². The normalized spacial score (nSPS) is 11.3. The van der Waals surface area contributed by atoms with Gasteiger partial charge in [0.05, 0.1) is 11.4 Å². The zero-order valence-electron chi connectivity index (χ0n) is 23.6. The van der Waals surface area contributed by atoms with E-state index in [2.05, 4.69) is 54.6 Å². The van der Waals surface area contributed by atoms with E-state index in [9.17, 15) is 0 Å². The fourth-order valence-corrected chi connectivity index (χ4v) is 5.82. The first-order valence-corrected chi connectivity index (χ1v) is 14.5. The Bertz CT molecular complexity index is 2290. The van der Waals surface area contributed by atoms with Crippen molar-refractivity contribution in [3.63, 3.8) is 0 Å². The van der Waals surface area contributed by atoms with Gasteiger partial charge < -0.3 is 4.42 Å². The predicted octanol–water partition coefficient (Wildman–Crippen LogP) is 10.9. The molecule has 6 aromatic carbocycles. The van der Waals surface area contributed by atoms with E-state index in [-0.39, 0.29) is 5.82 Å². The van der Waals surface area contributed by atoms with E-state index < -0.39 is 0 Å². The SMILES string of the molecule is Fc1ccccc1-c1cc(-c2cc(-c3ccccc3)cc(-c3cccc4c3oc3ccccc34)c2)nc(-c2ccccc2)n1. The predicted molar refractivity (Wildman–Crippen MR) is 176 cm³/mol. The molecule has 0 saturated heterocycles. The number of fused-ring (bicyclic) bond motifs is 3. The van der Waals surface area contributed by atoms with Crippen LogP contribution in [0.5, 0.6) is 0 Å². The highest BCUT2D eigenvalue weighted by atomic mass is 19.1. The van der Waals surface area contributed by atoms with Crippen molar-refractivity contribution in [2.75, 3.05) is 0 Å². The Kier molecular flexibility index (Phi) is 6.31. The minimum atomic E-state index is -0.327. The van der Waals surface area contributed by atoms with Gasteiger partial charge in [-0.2, -0.15) is 0 Å². The summed E-state index contributed by atoms with van der Waals surface area (Å²) in [6.07, 6.45) is 0. The largest absolute Gasteiger partial charge is 0.455 e. The third kappa shape index (κ3) is 4.63. The van der Waals surface area contributed by atoms with E-state index in [1.165, 1.54) is 6.07 Å². The lowest BCUT2D eigenvalue weighted by atomic mass is 9.93. The second kappa shape index (κ2) is 10.8. The maximum atomic E-state index is 15.1. The van der Waals surface area contributed by atoms with Crippen LogP contribution in [-0.4, -0.2) is 9.97 Å². The van der Waals surface area contributed by atoms with Crippen molar-refractivity contribution >= 4 is 21.9 Å². The summed E-state index contributed by atoms with van der Waals surface area (Å²) in [6, 6.07) is 49.6. The molecule has 0 radical (unpaired) electrons. The number of aromatic nitrogens is 2. The molecule has 44 heavy (non-hydrogen) atoms. The van der Waals surface area contributed by atoms with Gasteiger partial charge in [-0.25, -0.2) is 14.4 Å². The second-order valence-electron chi connectivity index (χ2n) is 10.8. The molecule has 0 spiro atoms. The summed E-state index contributed by atoms with van der Waals surface area (Å²) in [5.74, 6) is 0.207. The lowest BCUT2D eigenvalue weighted by Crippen LogP contribution is -1.97. The highest BCUT2D eigenvalue weighted by molar-refractivity contribution is 6.09. The molecule has 0 atom stereocenters. The Balaban J connectivity index is 1.39. The van der Waals surface area contributed by atoms with Crippen LogP contribution in [0.25, 0.3) is 78.1 Å². The standard InChI is InChI=1S/C40H25FN2O/c41-35-20-9-7-17-34(35)37-25-36(42-40(43-37)27-14-5-2-6-15-27)30-23-28(26-12-3-1-4-13-26)22-29(24-30)31-18-11-19-33-32-16-8-10-21-38(32)44-39(31)33/h1-25H. The number of benzene rings is 6. The lowest BCUT2D eigenvalue weighted by Gasteiger charge is -2.13. The van der Waals surface area contributed by atoms with E-state index in [0.29, 0.717) is 22.8 Å². The Labute approximate surface area is 253 Å². The molecule has 2 aromatic heterocycles. The topological polar surface area (TPSA) is 38.9 Å². The van der Waals surface area contributed by atoms with Crippen LogP contribution >= 0.6 is 0 Å². The van der Waals surface area contributed by atoms with Crippen LogP contribution in [0.2, 0.25) is 0 Å². The quantitative estimate of drug-likeness (QED) is 0.207. The third-order valence-corrected chi connectivity index (χ3v) is 7.96. The number of hydrogen-bond donors (Lipinski definition) is 0. The summed E-state index contributed by atoms with van der Waals surface area (Å²) in [4.78, 5) is 9.86. The number of furan rings is 1. The van der Waals surface area contributed by atoms with Crippen LogP contribution in [0.15, 0.2) is 156 Å². The summed E-state index contributed by atoms with van der Waals surface area (Å²) in [5.41, 5.74) is 9.22.